The van der Waals surface area contributed by atoms with E-state index in [1.54, 1.807) is 31.1 Å². The second-order valence-electron chi connectivity index (χ2n) is 7.60. The number of methoxy groups -OCH3 is 1. The van der Waals surface area contributed by atoms with Gasteiger partial charge in [0.15, 0.2) is 5.82 Å². The van der Waals surface area contributed by atoms with Gasteiger partial charge in [-0.05, 0) is 30.7 Å². The molecule has 3 heterocycles. The van der Waals surface area contributed by atoms with Crippen molar-refractivity contribution in [2.75, 3.05) is 26.9 Å². The Hall–Kier alpha value is -3.41. The van der Waals surface area contributed by atoms with E-state index in [0.717, 1.165) is 11.3 Å². The van der Waals surface area contributed by atoms with E-state index in [4.69, 9.17) is 19.3 Å². The first-order valence-corrected chi connectivity index (χ1v) is 10.5. The summed E-state index contributed by atoms with van der Waals surface area (Å²) in [4.78, 5) is 25.6. The van der Waals surface area contributed by atoms with Crippen LogP contribution in [-0.2, 0) is 22.6 Å². The first-order chi connectivity index (χ1) is 16.0. The Morgan fingerprint density at radius 2 is 2.06 bits per heavy atom. The number of aromatic nitrogens is 5. The molecule has 33 heavy (non-hydrogen) atoms. The Morgan fingerprint density at radius 1 is 1.24 bits per heavy atom. The second kappa shape index (κ2) is 10.5. The van der Waals surface area contributed by atoms with Crippen LogP contribution in [0.1, 0.15) is 21.9 Å². The lowest BCUT2D eigenvalue weighted by Gasteiger charge is -2.28. The summed E-state index contributed by atoms with van der Waals surface area (Å²) in [5, 5.41) is 16.4. The zero-order valence-electron chi connectivity index (χ0n) is 18.5. The maximum Gasteiger partial charge on any atom is 0.270 e. The first kappa shape index (κ1) is 22.8. The highest BCUT2D eigenvalue weighted by Gasteiger charge is 2.23. The zero-order valence-corrected chi connectivity index (χ0v) is 18.5. The fraction of sp³-hybridized carbons (Fsp3) is 0.409. The van der Waals surface area contributed by atoms with Crippen molar-refractivity contribution in [3.05, 3.63) is 53.7 Å². The second-order valence-corrected chi connectivity index (χ2v) is 7.60. The molecule has 3 aromatic rings. The van der Waals surface area contributed by atoms with Crippen molar-refractivity contribution in [2.24, 2.45) is 0 Å². The smallest absolute Gasteiger partial charge is 0.270 e. The molecular weight excluding hydrogens is 428 g/mol. The summed E-state index contributed by atoms with van der Waals surface area (Å²) in [6.45, 7) is 3.13. The highest BCUT2D eigenvalue weighted by Crippen LogP contribution is 2.16. The molecule has 1 aliphatic rings. The van der Waals surface area contributed by atoms with Crippen molar-refractivity contribution < 1.29 is 24.1 Å². The van der Waals surface area contributed by atoms with E-state index in [2.05, 4.69) is 25.4 Å². The molecule has 0 saturated carbocycles. The Balaban J connectivity index is 1.41. The van der Waals surface area contributed by atoms with Gasteiger partial charge in [-0.1, -0.05) is 12.1 Å². The number of aliphatic hydroxyl groups excluding tert-OH is 1. The number of hydrogen-bond donors (Lipinski definition) is 2. The lowest BCUT2D eigenvalue weighted by molar-refractivity contribution is -0.149. The van der Waals surface area contributed by atoms with Gasteiger partial charge in [-0.25, -0.2) is 19.6 Å². The topological polar surface area (TPSA) is 134 Å². The summed E-state index contributed by atoms with van der Waals surface area (Å²) in [6.07, 6.45) is 1.11. The Kier molecular flexibility index (Phi) is 7.23. The number of carbonyl (C=O) groups is 1. The molecule has 2 N–H and O–H groups in total. The van der Waals surface area contributed by atoms with E-state index in [0.29, 0.717) is 43.6 Å². The maximum absolute atomic E-state index is 12.7. The van der Waals surface area contributed by atoms with Gasteiger partial charge in [0.25, 0.3) is 5.91 Å². The van der Waals surface area contributed by atoms with Crippen LogP contribution in [0.25, 0.3) is 11.5 Å². The van der Waals surface area contributed by atoms with Crippen LogP contribution in [0.5, 0.6) is 5.75 Å². The van der Waals surface area contributed by atoms with Gasteiger partial charge in [0.05, 0.1) is 33.5 Å². The quantitative estimate of drug-likeness (QED) is 0.506. The zero-order chi connectivity index (χ0) is 23.2. The highest BCUT2D eigenvalue weighted by molar-refractivity contribution is 5.93. The summed E-state index contributed by atoms with van der Waals surface area (Å²) in [6, 6.07) is 9.04. The molecule has 1 fully saturated rings. The van der Waals surface area contributed by atoms with Crippen molar-refractivity contribution in [2.45, 2.75) is 32.2 Å². The minimum Gasteiger partial charge on any atom is -0.497 e. The number of aryl methyl sites for hydroxylation is 1. The van der Waals surface area contributed by atoms with E-state index >= 15 is 0 Å². The van der Waals surface area contributed by atoms with Crippen molar-refractivity contribution in [1.82, 2.24) is 30.0 Å². The molecule has 11 nitrogen and oxygen atoms in total. The summed E-state index contributed by atoms with van der Waals surface area (Å²) in [5.41, 5.74) is 1.60. The van der Waals surface area contributed by atoms with Crippen LogP contribution >= 0.6 is 0 Å². The van der Waals surface area contributed by atoms with Gasteiger partial charge in [-0.3, -0.25) is 4.79 Å². The number of amides is 1. The number of nitrogens with one attached hydrogen (secondary N) is 1. The molecule has 0 unspecified atom stereocenters. The predicted octanol–water partition coefficient (Wildman–Crippen LogP) is 0.758. The average Bonchev–Trinajstić information content (AvgIpc) is 3.31. The molecule has 1 amide bonds. The van der Waals surface area contributed by atoms with Crippen LogP contribution in [0.4, 0.5) is 0 Å². The fourth-order valence-electron chi connectivity index (χ4n) is 3.36. The molecule has 0 bridgehead atoms. The molecule has 1 saturated heterocycles. The van der Waals surface area contributed by atoms with Crippen LogP contribution in [0, 0.1) is 6.92 Å². The highest BCUT2D eigenvalue weighted by atomic mass is 16.6. The number of benzene rings is 1. The van der Waals surface area contributed by atoms with E-state index in [9.17, 15) is 4.79 Å². The van der Waals surface area contributed by atoms with E-state index in [-0.39, 0.29) is 30.4 Å². The van der Waals surface area contributed by atoms with Crippen LogP contribution < -0.4 is 10.1 Å². The normalized spacial score (nSPS) is 18.2. The molecule has 2 atom stereocenters. The molecule has 11 heteroatoms. The summed E-state index contributed by atoms with van der Waals surface area (Å²) in [5.74, 6) is 1.22. The molecule has 2 aromatic heterocycles. The minimum absolute atomic E-state index is 0.0668. The van der Waals surface area contributed by atoms with Crippen molar-refractivity contribution in [1.29, 1.82) is 0 Å². The third kappa shape index (κ3) is 5.89. The molecule has 174 valence electrons. The number of carbonyl (C=O) groups excluding carboxylic acids is 1. The summed E-state index contributed by atoms with van der Waals surface area (Å²) >= 11 is 0. The molecule has 0 spiro atoms. The minimum atomic E-state index is -0.324. The van der Waals surface area contributed by atoms with Gasteiger partial charge in [0.2, 0.25) is 0 Å². The maximum atomic E-state index is 12.7. The van der Waals surface area contributed by atoms with Gasteiger partial charge >= 0.3 is 0 Å². The van der Waals surface area contributed by atoms with Crippen molar-refractivity contribution in [3.63, 3.8) is 0 Å². The van der Waals surface area contributed by atoms with E-state index in [1.165, 1.54) is 0 Å². The van der Waals surface area contributed by atoms with Crippen LogP contribution in [-0.4, -0.2) is 74.9 Å². The third-order valence-corrected chi connectivity index (χ3v) is 5.05. The van der Waals surface area contributed by atoms with Crippen molar-refractivity contribution >= 4 is 5.91 Å². The van der Waals surface area contributed by atoms with Crippen molar-refractivity contribution in [3.8, 4) is 17.3 Å². The Bertz CT molecular complexity index is 1100. The largest absolute Gasteiger partial charge is 0.497 e. The number of ether oxygens (including phenoxy) is 3. The molecule has 4 rings (SSSR count). The average molecular weight is 454 g/mol. The SMILES string of the molecule is COc1cccc(CNC(=O)c2cc(-c3ncn(C[C@@H]4CO[C@@H](CO)CO4)n3)nc(C)n2)c1. The Labute approximate surface area is 190 Å². The molecule has 0 aliphatic carbocycles. The summed E-state index contributed by atoms with van der Waals surface area (Å²) < 4.78 is 18.1. The standard InChI is InChI=1S/C22H26N6O5/c1-14-25-19(21-24-13-28(27-21)9-17-11-33-18(10-29)12-32-17)7-20(26-14)22(30)23-8-15-4-3-5-16(6-15)31-2/h3-7,13,17-18,29H,8-12H2,1-2H3,(H,23,30)/t17-,18+/m1/s1. The molecule has 1 aromatic carbocycles. The van der Waals surface area contributed by atoms with Gasteiger partial charge in [-0.2, -0.15) is 0 Å². The van der Waals surface area contributed by atoms with Gasteiger partial charge in [-0.15, -0.1) is 5.10 Å². The third-order valence-electron chi connectivity index (χ3n) is 5.05. The molecule has 1 aliphatic heterocycles. The van der Waals surface area contributed by atoms with Gasteiger partial charge in [0, 0.05) is 6.54 Å². The van der Waals surface area contributed by atoms with E-state index in [1.807, 2.05) is 24.3 Å². The van der Waals surface area contributed by atoms with Gasteiger partial charge < -0.3 is 24.6 Å². The summed E-state index contributed by atoms with van der Waals surface area (Å²) in [7, 11) is 1.60. The molecule has 0 radical (unpaired) electrons. The number of nitrogens with zero attached hydrogens (tertiary/aromatic N) is 5. The van der Waals surface area contributed by atoms with Crippen LogP contribution in [0.3, 0.4) is 0 Å². The van der Waals surface area contributed by atoms with Crippen LogP contribution in [0.15, 0.2) is 36.7 Å². The van der Waals surface area contributed by atoms with E-state index < -0.39 is 0 Å². The first-order valence-electron chi connectivity index (χ1n) is 10.5. The number of rotatable bonds is 8. The predicted molar refractivity (Wildman–Crippen MR) is 117 cm³/mol. The van der Waals surface area contributed by atoms with Crippen LogP contribution in [0.2, 0.25) is 0 Å². The molecular formula is C22H26N6O5. The van der Waals surface area contributed by atoms with Gasteiger partial charge in [0.1, 0.15) is 41.5 Å². The number of hydrogen-bond acceptors (Lipinski definition) is 9. The monoisotopic (exact) mass is 454 g/mol. The Morgan fingerprint density at radius 3 is 2.82 bits per heavy atom. The fourth-order valence-corrected chi connectivity index (χ4v) is 3.36. The lowest BCUT2D eigenvalue weighted by Crippen LogP contribution is -2.39. The number of aliphatic hydroxyl groups is 1. The lowest BCUT2D eigenvalue weighted by atomic mass is 10.2.